The van der Waals surface area contributed by atoms with E-state index in [4.69, 9.17) is 4.42 Å². The van der Waals surface area contributed by atoms with E-state index in [1.807, 2.05) is 31.2 Å². The minimum atomic E-state index is -0.430. The van der Waals surface area contributed by atoms with Crippen LogP contribution < -0.4 is 10.6 Å². The summed E-state index contributed by atoms with van der Waals surface area (Å²) in [4.78, 5) is 23.5. The molecule has 3 aromatic rings. The Bertz CT molecular complexity index is 985. The molecule has 2 amide bonds. The van der Waals surface area contributed by atoms with Crippen molar-refractivity contribution >= 4 is 35.0 Å². The van der Waals surface area contributed by atoms with Crippen LogP contribution in [-0.4, -0.2) is 27.3 Å². The molecule has 1 heterocycles. The van der Waals surface area contributed by atoms with Gasteiger partial charge in [-0.15, -0.1) is 10.2 Å². The highest BCUT2D eigenvalue weighted by atomic mass is 32.2. The highest BCUT2D eigenvalue weighted by Gasteiger charge is 2.19. The van der Waals surface area contributed by atoms with Crippen molar-refractivity contribution in [1.82, 2.24) is 10.2 Å². The summed E-state index contributed by atoms with van der Waals surface area (Å²) in [5.74, 6) is 0.0892. The number of carbonyl (C=O) groups is 2. The minimum Gasteiger partial charge on any atom is -0.411 e. The van der Waals surface area contributed by atoms with Crippen LogP contribution in [0.2, 0.25) is 0 Å². The lowest BCUT2D eigenvalue weighted by atomic mass is 10.1. The van der Waals surface area contributed by atoms with Gasteiger partial charge < -0.3 is 15.1 Å². The zero-order chi connectivity index (χ0) is 20.1. The van der Waals surface area contributed by atoms with E-state index < -0.39 is 5.25 Å². The van der Waals surface area contributed by atoms with Crippen LogP contribution in [0.3, 0.4) is 0 Å². The monoisotopic (exact) mass is 396 g/mol. The average Bonchev–Trinajstić information content (AvgIpc) is 3.11. The third kappa shape index (κ3) is 5.20. The molecule has 1 aromatic heterocycles. The first kappa shape index (κ1) is 19.6. The van der Waals surface area contributed by atoms with Gasteiger partial charge in [0, 0.05) is 23.9 Å². The molecule has 2 N–H and O–H groups in total. The molecule has 0 saturated carbocycles. The van der Waals surface area contributed by atoms with Gasteiger partial charge in [0.1, 0.15) is 0 Å². The van der Waals surface area contributed by atoms with Gasteiger partial charge in [0.2, 0.25) is 17.7 Å². The van der Waals surface area contributed by atoms with Gasteiger partial charge >= 0.3 is 0 Å². The number of hydrogen-bond acceptors (Lipinski definition) is 6. The highest BCUT2D eigenvalue weighted by Crippen LogP contribution is 2.27. The molecule has 0 spiro atoms. The van der Waals surface area contributed by atoms with E-state index in [-0.39, 0.29) is 11.8 Å². The third-order valence-electron chi connectivity index (χ3n) is 3.79. The zero-order valence-electron chi connectivity index (χ0n) is 15.7. The topological polar surface area (TPSA) is 97.1 Å². The van der Waals surface area contributed by atoms with Crippen LogP contribution in [-0.2, 0) is 9.59 Å². The second kappa shape index (κ2) is 8.71. The number of aromatic nitrogens is 2. The van der Waals surface area contributed by atoms with Gasteiger partial charge in [0.25, 0.3) is 5.22 Å². The second-order valence-corrected chi connectivity index (χ2v) is 7.54. The molecule has 0 aliphatic rings. The van der Waals surface area contributed by atoms with E-state index in [2.05, 4.69) is 20.8 Å². The molecule has 144 valence electrons. The van der Waals surface area contributed by atoms with Gasteiger partial charge in [-0.05, 0) is 50.2 Å². The molecule has 7 nitrogen and oxygen atoms in total. The summed E-state index contributed by atoms with van der Waals surface area (Å²) in [7, 11) is 0. The first-order chi connectivity index (χ1) is 13.4. The Morgan fingerprint density at radius 2 is 1.71 bits per heavy atom. The maximum atomic E-state index is 12.4. The summed E-state index contributed by atoms with van der Waals surface area (Å²) in [6.45, 7) is 5.20. The molecule has 1 atom stereocenters. The van der Waals surface area contributed by atoms with Gasteiger partial charge in [0.15, 0.2) is 0 Å². The SMILES string of the molecule is CC(=O)Nc1ccc(NC(=O)[C@H](C)Sc2nnc(-c3cccc(C)c3)o2)cc1. The summed E-state index contributed by atoms with van der Waals surface area (Å²) >= 11 is 1.19. The summed E-state index contributed by atoms with van der Waals surface area (Å²) < 4.78 is 5.67. The maximum Gasteiger partial charge on any atom is 0.277 e. The Labute approximate surface area is 166 Å². The Morgan fingerprint density at radius 1 is 1.04 bits per heavy atom. The smallest absolute Gasteiger partial charge is 0.277 e. The van der Waals surface area contributed by atoms with Crippen LogP contribution in [0.15, 0.2) is 58.2 Å². The van der Waals surface area contributed by atoms with Gasteiger partial charge in [-0.3, -0.25) is 9.59 Å². The van der Waals surface area contributed by atoms with E-state index in [1.165, 1.54) is 18.7 Å². The molecule has 2 aromatic carbocycles. The van der Waals surface area contributed by atoms with E-state index in [0.29, 0.717) is 22.5 Å². The standard InChI is InChI=1S/C20H20N4O3S/c1-12-5-4-6-15(11-12)19-23-24-20(27-19)28-13(2)18(26)22-17-9-7-16(8-10-17)21-14(3)25/h4-11,13H,1-3H3,(H,21,25)(H,22,26)/t13-/m0/s1. The number of nitrogens with one attached hydrogen (secondary N) is 2. The first-order valence-corrected chi connectivity index (χ1v) is 9.54. The van der Waals surface area contributed by atoms with Crippen molar-refractivity contribution in [2.24, 2.45) is 0 Å². The number of rotatable bonds is 6. The van der Waals surface area contributed by atoms with Crippen molar-refractivity contribution in [1.29, 1.82) is 0 Å². The Morgan fingerprint density at radius 3 is 2.36 bits per heavy atom. The molecule has 8 heteroatoms. The molecule has 0 aliphatic carbocycles. The molecule has 0 saturated heterocycles. The normalized spacial score (nSPS) is 11.7. The summed E-state index contributed by atoms with van der Waals surface area (Å²) in [5.41, 5.74) is 3.25. The molecule has 0 unspecified atom stereocenters. The maximum absolute atomic E-state index is 12.4. The van der Waals surface area contributed by atoms with Crippen molar-refractivity contribution < 1.29 is 14.0 Å². The molecule has 0 aliphatic heterocycles. The predicted octanol–water partition coefficient (Wildman–Crippen LogP) is 4.12. The highest BCUT2D eigenvalue weighted by molar-refractivity contribution is 8.00. The summed E-state index contributed by atoms with van der Waals surface area (Å²) in [6.07, 6.45) is 0. The van der Waals surface area contributed by atoms with Gasteiger partial charge in [-0.2, -0.15) is 0 Å². The van der Waals surface area contributed by atoms with Crippen LogP contribution in [0.25, 0.3) is 11.5 Å². The molecule has 3 rings (SSSR count). The molecule has 0 radical (unpaired) electrons. The molecular weight excluding hydrogens is 376 g/mol. The number of thioether (sulfide) groups is 1. The van der Waals surface area contributed by atoms with Gasteiger partial charge in [-0.25, -0.2) is 0 Å². The Kier molecular flexibility index (Phi) is 6.10. The fourth-order valence-corrected chi connectivity index (χ4v) is 3.12. The predicted molar refractivity (Wildman–Crippen MR) is 109 cm³/mol. The van der Waals surface area contributed by atoms with Crippen molar-refractivity contribution in [2.75, 3.05) is 10.6 Å². The lowest BCUT2D eigenvalue weighted by Gasteiger charge is -2.10. The number of carbonyl (C=O) groups excluding carboxylic acids is 2. The Hall–Kier alpha value is -3.13. The van der Waals surface area contributed by atoms with Crippen LogP contribution in [0.5, 0.6) is 0 Å². The van der Waals surface area contributed by atoms with Crippen LogP contribution in [0.4, 0.5) is 11.4 Å². The van der Waals surface area contributed by atoms with Crippen LogP contribution >= 0.6 is 11.8 Å². The molecule has 28 heavy (non-hydrogen) atoms. The number of aryl methyl sites for hydroxylation is 1. The van der Waals surface area contributed by atoms with Crippen molar-refractivity contribution in [2.45, 2.75) is 31.2 Å². The van der Waals surface area contributed by atoms with Crippen molar-refractivity contribution in [3.63, 3.8) is 0 Å². The quantitative estimate of drug-likeness (QED) is 0.608. The third-order valence-corrected chi connectivity index (χ3v) is 4.73. The number of hydrogen-bond donors (Lipinski definition) is 2. The summed E-state index contributed by atoms with van der Waals surface area (Å²) in [6, 6.07) is 14.7. The van der Waals surface area contributed by atoms with Gasteiger partial charge in [-0.1, -0.05) is 29.5 Å². The zero-order valence-corrected chi connectivity index (χ0v) is 16.5. The molecule has 0 fully saturated rings. The van der Waals surface area contributed by atoms with Crippen LogP contribution in [0, 0.1) is 6.92 Å². The largest absolute Gasteiger partial charge is 0.411 e. The first-order valence-electron chi connectivity index (χ1n) is 8.66. The van der Waals surface area contributed by atoms with Crippen molar-refractivity contribution in [3.8, 4) is 11.5 Å². The van der Waals surface area contributed by atoms with Crippen LogP contribution in [0.1, 0.15) is 19.4 Å². The average molecular weight is 396 g/mol. The minimum absolute atomic E-state index is 0.147. The Balaban J connectivity index is 1.59. The summed E-state index contributed by atoms with van der Waals surface area (Å²) in [5, 5.41) is 13.5. The fourth-order valence-electron chi connectivity index (χ4n) is 2.44. The lowest BCUT2D eigenvalue weighted by molar-refractivity contribution is -0.115. The van der Waals surface area contributed by atoms with E-state index in [9.17, 15) is 9.59 Å². The molecule has 0 bridgehead atoms. The van der Waals surface area contributed by atoms with Crippen molar-refractivity contribution in [3.05, 3.63) is 54.1 Å². The number of anilines is 2. The number of nitrogens with zero attached hydrogens (tertiary/aromatic N) is 2. The van der Waals surface area contributed by atoms with E-state index in [1.54, 1.807) is 31.2 Å². The number of benzene rings is 2. The fraction of sp³-hybridized carbons (Fsp3) is 0.200. The number of amides is 2. The molecular formula is C20H20N4O3S. The second-order valence-electron chi connectivity index (χ2n) is 6.25. The van der Waals surface area contributed by atoms with Gasteiger partial charge in [0.05, 0.1) is 5.25 Å². The lowest BCUT2D eigenvalue weighted by Crippen LogP contribution is -2.22. The van der Waals surface area contributed by atoms with E-state index >= 15 is 0 Å². The van der Waals surface area contributed by atoms with E-state index in [0.717, 1.165) is 11.1 Å².